The van der Waals surface area contributed by atoms with Gasteiger partial charge >= 0.3 is 6.18 Å². The second kappa shape index (κ2) is 11.1. The zero-order chi connectivity index (χ0) is 32.3. The van der Waals surface area contributed by atoms with Crippen molar-refractivity contribution >= 4 is 11.0 Å². The van der Waals surface area contributed by atoms with E-state index in [1.54, 1.807) is 59.6 Å². The summed E-state index contributed by atoms with van der Waals surface area (Å²) in [4.78, 5) is 45.0. The van der Waals surface area contributed by atoms with E-state index in [-0.39, 0.29) is 41.3 Å². The van der Waals surface area contributed by atoms with Gasteiger partial charge in [0.25, 0.3) is 5.56 Å². The maximum Gasteiger partial charge on any atom is 0.434 e. The van der Waals surface area contributed by atoms with Crippen LogP contribution in [0, 0.1) is 0 Å². The van der Waals surface area contributed by atoms with Crippen LogP contribution in [-0.4, -0.2) is 51.1 Å². The van der Waals surface area contributed by atoms with Gasteiger partial charge in [-0.2, -0.15) is 13.2 Å². The fraction of sp³-hybridized carbons (Fsp3) is 0.273. The molecule has 0 spiro atoms. The van der Waals surface area contributed by atoms with E-state index in [4.69, 9.17) is 9.72 Å². The number of nitrogens with zero attached hydrogens (tertiary/aromatic N) is 9. The largest absolute Gasteiger partial charge is 0.480 e. The Morgan fingerprint density at radius 2 is 1.70 bits per heavy atom. The standard InChI is InChI=1S/C33H26F3N9O2/c1-47-31-25(26(19-7-8-19)40-17-41-31)28-39-14-21-13-23(27-37-11-2-12-38-27)32(46)45(30(21)43-28)15-18-3-5-20(6-4-18)29-42-24(33(34,35)36)16-44(29)22-9-10-22/h2-6,11-14,16-17,19,22H,7-10,15H2,1H3. The number of hydrogen-bond donors (Lipinski definition) is 0. The van der Waals surface area contributed by atoms with Crippen molar-refractivity contribution in [2.45, 2.75) is 50.4 Å². The molecular weight excluding hydrogens is 611 g/mol. The summed E-state index contributed by atoms with van der Waals surface area (Å²) in [5, 5.41) is 0.586. The number of ether oxygens (including phenoxy) is 1. The Hall–Kier alpha value is -5.53. The van der Waals surface area contributed by atoms with Gasteiger partial charge in [-0.25, -0.2) is 34.9 Å². The van der Waals surface area contributed by atoms with Gasteiger partial charge in [-0.3, -0.25) is 9.36 Å². The van der Waals surface area contributed by atoms with Gasteiger partial charge in [0.15, 0.2) is 17.3 Å². The van der Waals surface area contributed by atoms with Gasteiger partial charge < -0.3 is 9.30 Å². The molecule has 2 saturated carbocycles. The lowest BCUT2D eigenvalue weighted by atomic mass is 10.1. The van der Waals surface area contributed by atoms with Crippen LogP contribution < -0.4 is 10.3 Å². The summed E-state index contributed by atoms with van der Waals surface area (Å²) >= 11 is 0. The Balaban J connectivity index is 1.24. The molecule has 236 valence electrons. The van der Waals surface area contributed by atoms with Gasteiger partial charge in [-0.1, -0.05) is 24.3 Å². The SMILES string of the molecule is COc1ncnc(C2CC2)c1-c1ncc2cc(-c3ncccn3)c(=O)n(Cc3ccc(-c4nc(C(F)(F)F)cn4C4CC4)cc3)c2n1. The summed E-state index contributed by atoms with van der Waals surface area (Å²) < 4.78 is 49.2. The minimum atomic E-state index is -4.54. The molecule has 0 amide bonds. The maximum atomic E-state index is 14.1. The van der Waals surface area contributed by atoms with Crippen molar-refractivity contribution in [1.82, 2.24) is 44.0 Å². The molecule has 0 aliphatic heterocycles. The predicted octanol–water partition coefficient (Wildman–Crippen LogP) is 5.86. The monoisotopic (exact) mass is 637 g/mol. The topological polar surface area (TPSA) is 126 Å². The number of hydrogen-bond acceptors (Lipinski definition) is 9. The Kier molecular flexibility index (Phi) is 6.81. The molecule has 11 nitrogen and oxygen atoms in total. The third-order valence-electron chi connectivity index (χ3n) is 8.37. The molecule has 1 aromatic carbocycles. The lowest BCUT2D eigenvalue weighted by molar-refractivity contribution is -0.140. The minimum absolute atomic E-state index is 0.00381. The minimum Gasteiger partial charge on any atom is -0.480 e. The highest BCUT2D eigenvalue weighted by molar-refractivity contribution is 5.82. The van der Waals surface area contributed by atoms with Crippen LogP contribution in [0.1, 0.15) is 54.6 Å². The highest BCUT2D eigenvalue weighted by atomic mass is 19.4. The van der Waals surface area contributed by atoms with Gasteiger partial charge in [-0.15, -0.1) is 0 Å². The Bertz CT molecular complexity index is 2190. The molecule has 8 rings (SSSR count). The fourth-order valence-corrected chi connectivity index (χ4v) is 5.75. The Morgan fingerprint density at radius 3 is 2.38 bits per heavy atom. The van der Waals surface area contributed by atoms with Crippen molar-refractivity contribution in [2.24, 2.45) is 0 Å². The fourth-order valence-electron chi connectivity index (χ4n) is 5.75. The number of alkyl halides is 3. The molecule has 14 heteroatoms. The van der Waals surface area contributed by atoms with Crippen LogP contribution in [0.4, 0.5) is 13.2 Å². The Labute approximate surface area is 265 Å². The van der Waals surface area contributed by atoms with Crippen molar-refractivity contribution in [1.29, 1.82) is 0 Å². The summed E-state index contributed by atoms with van der Waals surface area (Å²) in [6.07, 6.45) is 6.36. The first-order chi connectivity index (χ1) is 22.8. The van der Waals surface area contributed by atoms with Gasteiger partial charge in [0.1, 0.15) is 23.4 Å². The van der Waals surface area contributed by atoms with Crippen molar-refractivity contribution in [3.05, 3.63) is 94.8 Å². The van der Waals surface area contributed by atoms with Gasteiger partial charge in [0.05, 0.1) is 24.9 Å². The highest BCUT2D eigenvalue weighted by Gasteiger charge is 2.37. The van der Waals surface area contributed by atoms with E-state index in [0.29, 0.717) is 33.9 Å². The molecule has 0 unspecified atom stereocenters. The summed E-state index contributed by atoms with van der Waals surface area (Å²) in [7, 11) is 1.52. The number of fused-ring (bicyclic) bond motifs is 1. The molecule has 0 radical (unpaired) electrons. The molecule has 2 fully saturated rings. The molecule has 5 heterocycles. The highest BCUT2D eigenvalue weighted by Crippen LogP contribution is 2.45. The summed E-state index contributed by atoms with van der Waals surface area (Å²) in [6.45, 7) is 0.107. The van der Waals surface area contributed by atoms with Crippen molar-refractivity contribution in [3.63, 3.8) is 0 Å². The molecule has 5 aromatic heterocycles. The van der Waals surface area contributed by atoms with Crippen molar-refractivity contribution < 1.29 is 17.9 Å². The zero-order valence-electron chi connectivity index (χ0n) is 25.0. The normalized spacial score (nSPS) is 14.9. The van der Waals surface area contributed by atoms with Crippen LogP contribution in [-0.2, 0) is 12.7 Å². The van der Waals surface area contributed by atoms with Gasteiger partial charge in [0, 0.05) is 47.7 Å². The number of imidazole rings is 1. The van der Waals surface area contributed by atoms with Crippen LogP contribution in [0.25, 0.3) is 45.2 Å². The van der Waals surface area contributed by atoms with E-state index in [2.05, 4.69) is 29.9 Å². The average molecular weight is 638 g/mol. The quantitative estimate of drug-likeness (QED) is 0.202. The summed E-state index contributed by atoms with van der Waals surface area (Å²) in [5.41, 5.74) is 2.02. The number of pyridine rings is 1. The molecule has 2 aliphatic carbocycles. The first-order valence-electron chi connectivity index (χ1n) is 15.1. The third kappa shape index (κ3) is 5.38. The van der Waals surface area contributed by atoms with Gasteiger partial charge in [0.2, 0.25) is 5.88 Å². The first-order valence-corrected chi connectivity index (χ1v) is 15.1. The smallest absolute Gasteiger partial charge is 0.434 e. The van der Waals surface area contributed by atoms with Crippen LogP contribution in [0.3, 0.4) is 0 Å². The van der Waals surface area contributed by atoms with Crippen LogP contribution in [0.15, 0.2) is 72.3 Å². The third-order valence-corrected chi connectivity index (χ3v) is 8.37. The number of halogens is 3. The molecule has 0 atom stereocenters. The van der Waals surface area contributed by atoms with Crippen molar-refractivity contribution in [2.75, 3.05) is 7.11 Å². The maximum absolute atomic E-state index is 14.1. The second-order valence-electron chi connectivity index (χ2n) is 11.7. The lowest BCUT2D eigenvalue weighted by Gasteiger charge is -2.15. The second-order valence-corrected chi connectivity index (χ2v) is 11.7. The van der Waals surface area contributed by atoms with E-state index in [1.807, 2.05) is 0 Å². The number of rotatable bonds is 8. The number of methoxy groups -OCH3 is 1. The van der Waals surface area contributed by atoms with E-state index in [9.17, 15) is 18.0 Å². The molecule has 6 aromatic rings. The number of aromatic nitrogens is 9. The lowest BCUT2D eigenvalue weighted by Crippen LogP contribution is -2.24. The summed E-state index contributed by atoms with van der Waals surface area (Å²) in [5.74, 6) is 1.45. The van der Waals surface area contributed by atoms with Crippen LogP contribution in [0.2, 0.25) is 0 Å². The van der Waals surface area contributed by atoms with E-state index in [1.165, 1.54) is 18.0 Å². The zero-order valence-corrected chi connectivity index (χ0v) is 25.0. The van der Waals surface area contributed by atoms with E-state index in [0.717, 1.165) is 43.1 Å². The van der Waals surface area contributed by atoms with Crippen LogP contribution in [0.5, 0.6) is 5.88 Å². The molecule has 0 N–H and O–H groups in total. The molecule has 47 heavy (non-hydrogen) atoms. The van der Waals surface area contributed by atoms with Gasteiger partial charge in [-0.05, 0) is 43.4 Å². The number of benzene rings is 1. The Morgan fingerprint density at radius 1 is 0.936 bits per heavy atom. The van der Waals surface area contributed by atoms with Crippen molar-refractivity contribution in [3.8, 4) is 40.0 Å². The van der Waals surface area contributed by atoms with E-state index < -0.39 is 11.9 Å². The van der Waals surface area contributed by atoms with E-state index >= 15 is 0 Å². The average Bonchev–Trinajstić information content (AvgIpc) is 4.04. The first kappa shape index (κ1) is 28.9. The molecular formula is C33H26F3N9O2. The molecule has 0 bridgehead atoms. The molecule has 2 aliphatic rings. The molecule has 0 saturated heterocycles. The summed E-state index contributed by atoms with van der Waals surface area (Å²) in [6, 6.07) is 10.3. The predicted molar refractivity (Wildman–Crippen MR) is 164 cm³/mol. The van der Waals surface area contributed by atoms with Crippen LogP contribution >= 0.6 is 0 Å².